The zero-order valence-corrected chi connectivity index (χ0v) is 14.0. The van der Waals surface area contributed by atoms with E-state index in [1.165, 1.54) is 18.2 Å². The first kappa shape index (κ1) is 17.3. The van der Waals surface area contributed by atoms with Crippen molar-refractivity contribution in [3.63, 3.8) is 0 Å². The molecule has 0 saturated carbocycles. The predicted molar refractivity (Wildman–Crippen MR) is 93.9 cm³/mol. The van der Waals surface area contributed by atoms with Crippen molar-refractivity contribution < 1.29 is 18.4 Å². The second kappa shape index (κ2) is 7.18. The van der Waals surface area contributed by atoms with Gasteiger partial charge in [0, 0.05) is 5.56 Å². The number of amides is 2. The molecule has 7 heteroatoms. The Kier molecular flexibility index (Phi) is 4.79. The first-order valence-electron chi connectivity index (χ1n) is 7.85. The van der Waals surface area contributed by atoms with Gasteiger partial charge >= 0.3 is 0 Å². The van der Waals surface area contributed by atoms with Crippen LogP contribution in [0.4, 0.5) is 10.1 Å². The highest BCUT2D eigenvalue weighted by atomic mass is 19.1. The highest BCUT2D eigenvalue weighted by molar-refractivity contribution is 6.03. The van der Waals surface area contributed by atoms with Crippen LogP contribution in [-0.4, -0.2) is 16.8 Å². The van der Waals surface area contributed by atoms with Gasteiger partial charge in [-0.2, -0.15) is 0 Å². The Labute approximate surface area is 148 Å². The van der Waals surface area contributed by atoms with Crippen LogP contribution >= 0.6 is 0 Å². The number of para-hydroxylation sites is 1. The number of carbonyl (C=O) groups excluding carboxylic acids is 2. The lowest BCUT2D eigenvalue weighted by atomic mass is 10.1. The lowest BCUT2D eigenvalue weighted by Gasteiger charge is -2.08. The minimum Gasteiger partial charge on any atom is -0.441 e. The zero-order valence-electron chi connectivity index (χ0n) is 14.0. The summed E-state index contributed by atoms with van der Waals surface area (Å²) in [6, 6.07) is 12.3. The molecule has 3 N–H and O–H groups in total. The molecule has 0 radical (unpaired) electrons. The number of aryl methyl sites for hydroxylation is 1. The first-order chi connectivity index (χ1) is 12.4. The fourth-order valence-electron chi connectivity index (χ4n) is 2.49. The van der Waals surface area contributed by atoms with Gasteiger partial charge in [-0.25, -0.2) is 9.37 Å². The number of anilines is 1. The zero-order chi connectivity index (χ0) is 18.7. The van der Waals surface area contributed by atoms with E-state index in [4.69, 9.17) is 10.2 Å². The van der Waals surface area contributed by atoms with Crippen LogP contribution in [0.2, 0.25) is 0 Å². The van der Waals surface area contributed by atoms with E-state index < -0.39 is 11.7 Å². The number of hydrogen-bond donors (Lipinski definition) is 2. The molecule has 0 fully saturated rings. The number of aromatic nitrogens is 1. The second-order valence-electron chi connectivity index (χ2n) is 5.67. The van der Waals surface area contributed by atoms with Crippen LogP contribution in [0.5, 0.6) is 0 Å². The molecule has 0 aliphatic rings. The van der Waals surface area contributed by atoms with Gasteiger partial charge in [0.25, 0.3) is 5.91 Å². The number of benzene rings is 2. The summed E-state index contributed by atoms with van der Waals surface area (Å²) < 4.78 is 18.9. The lowest BCUT2D eigenvalue weighted by Crippen LogP contribution is -2.19. The number of nitrogens with one attached hydrogen (secondary N) is 1. The average Bonchev–Trinajstić information content (AvgIpc) is 2.96. The van der Waals surface area contributed by atoms with E-state index in [2.05, 4.69) is 10.3 Å². The topological polar surface area (TPSA) is 98.2 Å². The van der Waals surface area contributed by atoms with E-state index in [-0.39, 0.29) is 23.8 Å². The van der Waals surface area contributed by atoms with Gasteiger partial charge in [-0.15, -0.1) is 0 Å². The van der Waals surface area contributed by atoms with E-state index in [1.54, 1.807) is 37.3 Å². The van der Waals surface area contributed by atoms with Crippen molar-refractivity contribution in [3.05, 3.63) is 71.4 Å². The Hall–Kier alpha value is -3.48. The van der Waals surface area contributed by atoms with Crippen LogP contribution in [0.15, 0.2) is 52.9 Å². The molecular weight excluding hydrogens is 337 g/mol. The Bertz CT molecular complexity index is 982. The molecule has 3 aromatic rings. The van der Waals surface area contributed by atoms with Crippen molar-refractivity contribution in [3.8, 4) is 11.5 Å². The molecule has 6 nitrogen and oxygen atoms in total. The average molecular weight is 353 g/mol. The van der Waals surface area contributed by atoms with Crippen molar-refractivity contribution >= 4 is 17.5 Å². The summed E-state index contributed by atoms with van der Waals surface area (Å²) in [6.45, 7) is 1.68. The van der Waals surface area contributed by atoms with Gasteiger partial charge in [-0.3, -0.25) is 9.59 Å². The standard InChI is InChI=1S/C19H16FN3O3/c1-11-16(23-19(26-11)12-5-4-6-13(20)9-12)10-17(24)22-15-8-3-2-7-14(15)18(21)25/h2-9H,10H2,1H3,(H2,21,25)(H,22,24). The van der Waals surface area contributed by atoms with Crippen LogP contribution in [0.3, 0.4) is 0 Å². The van der Waals surface area contributed by atoms with Gasteiger partial charge in [0.15, 0.2) is 0 Å². The second-order valence-corrected chi connectivity index (χ2v) is 5.67. The number of nitrogens with two attached hydrogens (primary N) is 1. The van der Waals surface area contributed by atoms with Gasteiger partial charge < -0.3 is 15.5 Å². The fourth-order valence-corrected chi connectivity index (χ4v) is 2.49. The molecule has 0 aliphatic heterocycles. The Morgan fingerprint density at radius 2 is 1.96 bits per heavy atom. The molecule has 26 heavy (non-hydrogen) atoms. The molecule has 0 spiro atoms. The molecule has 0 aliphatic carbocycles. The Balaban J connectivity index is 1.77. The maximum absolute atomic E-state index is 13.3. The third kappa shape index (κ3) is 3.77. The molecule has 0 unspecified atom stereocenters. The van der Waals surface area contributed by atoms with Crippen LogP contribution in [0, 0.1) is 12.7 Å². The Morgan fingerprint density at radius 1 is 1.19 bits per heavy atom. The van der Waals surface area contributed by atoms with Crippen LogP contribution in [-0.2, 0) is 11.2 Å². The smallest absolute Gasteiger partial charge is 0.250 e. The summed E-state index contributed by atoms with van der Waals surface area (Å²) in [7, 11) is 0. The van der Waals surface area contributed by atoms with E-state index in [0.29, 0.717) is 22.7 Å². The number of carbonyl (C=O) groups is 2. The third-order valence-electron chi connectivity index (χ3n) is 3.76. The van der Waals surface area contributed by atoms with Gasteiger partial charge in [-0.1, -0.05) is 18.2 Å². The summed E-state index contributed by atoms with van der Waals surface area (Å²) in [4.78, 5) is 28.0. The van der Waals surface area contributed by atoms with E-state index >= 15 is 0 Å². The number of hydrogen-bond acceptors (Lipinski definition) is 4. The summed E-state index contributed by atoms with van der Waals surface area (Å²) >= 11 is 0. The molecule has 0 bridgehead atoms. The largest absolute Gasteiger partial charge is 0.441 e. The maximum Gasteiger partial charge on any atom is 0.250 e. The van der Waals surface area contributed by atoms with Crippen LogP contribution in [0.25, 0.3) is 11.5 Å². The van der Waals surface area contributed by atoms with E-state index in [1.807, 2.05) is 0 Å². The molecule has 132 valence electrons. The van der Waals surface area contributed by atoms with Crippen molar-refractivity contribution in [1.29, 1.82) is 0 Å². The number of oxazole rings is 1. The molecule has 1 aromatic heterocycles. The first-order valence-corrected chi connectivity index (χ1v) is 7.85. The van der Waals surface area contributed by atoms with Gasteiger partial charge in [0.1, 0.15) is 11.6 Å². The van der Waals surface area contributed by atoms with E-state index in [9.17, 15) is 14.0 Å². The molecular formula is C19H16FN3O3. The van der Waals surface area contributed by atoms with E-state index in [0.717, 1.165) is 0 Å². The lowest BCUT2D eigenvalue weighted by molar-refractivity contribution is -0.115. The minimum atomic E-state index is -0.632. The summed E-state index contributed by atoms with van der Waals surface area (Å²) in [5.74, 6) is -0.710. The molecule has 3 rings (SSSR count). The summed E-state index contributed by atoms with van der Waals surface area (Å²) in [6.07, 6.45) is -0.0578. The van der Waals surface area contributed by atoms with Crippen molar-refractivity contribution in [1.82, 2.24) is 4.98 Å². The number of rotatable bonds is 5. The molecule has 2 aromatic carbocycles. The Morgan fingerprint density at radius 3 is 2.69 bits per heavy atom. The summed E-state index contributed by atoms with van der Waals surface area (Å²) in [5.41, 5.74) is 6.76. The van der Waals surface area contributed by atoms with Crippen molar-refractivity contribution in [2.75, 3.05) is 5.32 Å². The van der Waals surface area contributed by atoms with Crippen LogP contribution in [0.1, 0.15) is 21.8 Å². The fraction of sp³-hybridized carbons (Fsp3) is 0.105. The quantitative estimate of drug-likeness (QED) is 0.736. The molecule has 2 amide bonds. The SMILES string of the molecule is Cc1oc(-c2cccc(F)c2)nc1CC(=O)Nc1ccccc1C(N)=O. The number of nitrogens with zero attached hydrogens (tertiary/aromatic N) is 1. The van der Waals surface area contributed by atoms with Gasteiger partial charge in [0.2, 0.25) is 11.8 Å². The van der Waals surface area contributed by atoms with Crippen molar-refractivity contribution in [2.24, 2.45) is 5.73 Å². The number of halogens is 1. The predicted octanol–water partition coefficient (Wildman–Crippen LogP) is 3.07. The number of primary amides is 1. The normalized spacial score (nSPS) is 10.5. The third-order valence-corrected chi connectivity index (χ3v) is 3.76. The highest BCUT2D eigenvalue weighted by Gasteiger charge is 2.16. The van der Waals surface area contributed by atoms with Gasteiger partial charge in [0.05, 0.1) is 23.4 Å². The maximum atomic E-state index is 13.3. The monoisotopic (exact) mass is 353 g/mol. The van der Waals surface area contributed by atoms with Crippen LogP contribution < -0.4 is 11.1 Å². The molecule has 0 atom stereocenters. The minimum absolute atomic E-state index is 0.0578. The molecule has 1 heterocycles. The summed E-state index contributed by atoms with van der Waals surface area (Å²) in [5, 5.41) is 2.64. The highest BCUT2D eigenvalue weighted by Crippen LogP contribution is 2.23. The van der Waals surface area contributed by atoms with Gasteiger partial charge in [-0.05, 0) is 37.3 Å². The van der Waals surface area contributed by atoms with Crippen molar-refractivity contribution in [2.45, 2.75) is 13.3 Å². The molecule has 0 saturated heterocycles.